The molecule has 3 aromatic rings. The second-order valence-electron chi connectivity index (χ2n) is 5.68. The standard InChI is InChI=1S/C16H20BrN7O/c1-3-15(24-10-13(17)6-20-24)16(25)21-14-7-19-23(11-14)9-12-5-18-22(4-2)8-12/h5-8,10-11,15H,3-4,9H2,1-2H3,(H,21,25). The van der Waals surface area contributed by atoms with Crippen molar-refractivity contribution in [2.45, 2.75) is 39.4 Å². The molecule has 1 unspecified atom stereocenters. The van der Waals surface area contributed by atoms with Crippen molar-refractivity contribution in [2.75, 3.05) is 5.32 Å². The van der Waals surface area contributed by atoms with Crippen LogP contribution in [0.15, 0.2) is 41.7 Å². The molecule has 1 N–H and O–H groups in total. The molecule has 0 aliphatic rings. The van der Waals surface area contributed by atoms with Crippen LogP contribution in [0.1, 0.15) is 31.9 Å². The summed E-state index contributed by atoms with van der Waals surface area (Å²) in [5.41, 5.74) is 1.73. The van der Waals surface area contributed by atoms with E-state index < -0.39 is 0 Å². The fourth-order valence-electron chi connectivity index (χ4n) is 2.57. The molecule has 1 amide bonds. The van der Waals surface area contributed by atoms with Gasteiger partial charge in [0.1, 0.15) is 6.04 Å². The van der Waals surface area contributed by atoms with Gasteiger partial charge in [-0.3, -0.25) is 18.8 Å². The number of carbonyl (C=O) groups excluding carboxylic acids is 1. The lowest BCUT2D eigenvalue weighted by atomic mass is 10.2. The van der Waals surface area contributed by atoms with Crippen LogP contribution < -0.4 is 5.32 Å². The summed E-state index contributed by atoms with van der Waals surface area (Å²) in [6, 6.07) is -0.363. The molecule has 0 aliphatic carbocycles. The topological polar surface area (TPSA) is 82.6 Å². The highest BCUT2D eigenvalue weighted by Gasteiger charge is 2.20. The molecule has 3 heterocycles. The zero-order valence-corrected chi connectivity index (χ0v) is 15.7. The molecule has 0 fully saturated rings. The van der Waals surface area contributed by atoms with Crippen LogP contribution in [0.4, 0.5) is 5.69 Å². The summed E-state index contributed by atoms with van der Waals surface area (Å²) in [5.74, 6) is -0.114. The fourth-order valence-corrected chi connectivity index (χ4v) is 2.87. The van der Waals surface area contributed by atoms with Crippen LogP contribution in [0.25, 0.3) is 0 Å². The van der Waals surface area contributed by atoms with Gasteiger partial charge < -0.3 is 5.32 Å². The summed E-state index contributed by atoms with van der Waals surface area (Å²) < 4.78 is 6.15. The molecule has 9 heteroatoms. The summed E-state index contributed by atoms with van der Waals surface area (Å²) >= 11 is 3.35. The van der Waals surface area contributed by atoms with Gasteiger partial charge in [0, 0.05) is 30.7 Å². The van der Waals surface area contributed by atoms with Crippen LogP contribution in [0.5, 0.6) is 0 Å². The second-order valence-corrected chi connectivity index (χ2v) is 6.60. The number of nitrogens with one attached hydrogen (secondary N) is 1. The van der Waals surface area contributed by atoms with E-state index in [4.69, 9.17) is 0 Å². The first kappa shape index (κ1) is 17.4. The van der Waals surface area contributed by atoms with Crippen molar-refractivity contribution in [1.82, 2.24) is 29.3 Å². The summed E-state index contributed by atoms with van der Waals surface area (Å²) in [4.78, 5) is 12.5. The Morgan fingerprint density at radius 1 is 1.12 bits per heavy atom. The average Bonchev–Trinajstić information content (AvgIpc) is 3.31. The Bertz CT molecular complexity index is 850. The quantitative estimate of drug-likeness (QED) is 0.654. The molecule has 3 aromatic heterocycles. The number of carbonyl (C=O) groups is 1. The number of anilines is 1. The van der Waals surface area contributed by atoms with Crippen molar-refractivity contribution >= 4 is 27.5 Å². The first-order valence-corrected chi connectivity index (χ1v) is 8.92. The summed E-state index contributed by atoms with van der Waals surface area (Å²) in [6.45, 7) is 5.44. The fraction of sp³-hybridized carbons (Fsp3) is 0.375. The maximum absolute atomic E-state index is 12.5. The maximum atomic E-state index is 12.5. The molecule has 0 saturated heterocycles. The number of hydrogen-bond donors (Lipinski definition) is 1. The lowest BCUT2D eigenvalue weighted by molar-refractivity contribution is -0.119. The molecule has 0 saturated carbocycles. The highest BCUT2D eigenvalue weighted by Crippen LogP contribution is 2.17. The third kappa shape index (κ3) is 4.16. The molecule has 25 heavy (non-hydrogen) atoms. The van der Waals surface area contributed by atoms with Gasteiger partial charge >= 0.3 is 0 Å². The van der Waals surface area contributed by atoms with Gasteiger partial charge in [-0.05, 0) is 29.3 Å². The Kier molecular flexibility index (Phi) is 5.32. The smallest absolute Gasteiger partial charge is 0.249 e. The number of rotatable bonds is 7. The van der Waals surface area contributed by atoms with Crippen molar-refractivity contribution in [2.24, 2.45) is 0 Å². The number of hydrogen-bond acceptors (Lipinski definition) is 4. The average molecular weight is 406 g/mol. The normalized spacial score (nSPS) is 12.3. The van der Waals surface area contributed by atoms with E-state index in [1.54, 1.807) is 28.0 Å². The summed E-state index contributed by atoms with van der Waals surface area (Å²) in [6.07, 6.45) is 11.4. The molecule has 0 bridgehead atoms. The van der Waals surface area contributed by atoms with Crippen molar-refractivity contribution in [1.29, 1.82) is 0 Å². The minimum atomic E-state index is -0.363. The number of aromatic nitrogens is 6. The van der Waals surface area contributed by atoms with Crippen LogP contribution in [-0.4, -0.2) is 35.2 Å². The van der Waals surface area contributed by atoms with E-state index in [2.05, 4.69) is 36.5 Å². The maximum Gasteiger partial charge on any atom is 0.249 e. The Labute approximate surface area is 154 Å². The largest absolute Gasteiger partial charge is 0.322 e. The second kappa shape index (κ2) is 7.64. The number of amides is 1. The molecule has 0 radical (unpaired) electrons. The van der Waals surface area contributed by atoms with Crippen LogP contribution in [0.2, 0.25) is 0 Å². The lowest BCUT2D eigenvalue weighted by Crippen LogP contribution is -2.25. The molecular formula is C16H20BrN7O. The van der Waals surface area contributed by atoms with E-state index in [1.165, 1.54) is 0 Å². The molecule has 3 rings (SSSR count). The van der Waals surface area contributed by atoms with Gasteiger partial charge in [0.05, 0.1) is 35.3 Å². The van der Waals surface area contributed by atoms with Crippen molar-refractivity contribution in [3.05, 3.63) is 47.2 Å². The van der Waals surface area contributed by atoms with E-state index in [1.807, 2.05) is 37.1 Å². The molecular weight excluding hydrogens is 386 g/mol. The van der Waals surface area contributed by atoms with Gasteiger partial charge in [-0.1, -0.05) is 6.92 Å². The van der Waals surface area contributed by atoms with Crippen LogP contribution >= 0.6 is 15.9 Å². The Morgan fingerprint density at radius 3 is 2.56 bits per heavy atom. The van der Waals surface area contributed by atoms with Gasteiger partial charge in [0.25, 0.3) is 0 Å². The van der Waals surface area contributed by atoms with Gasteiger partial charge in [-0.25, -0.2) is 0 Å². The first-order chi connectivity index (χ1) is 12.1. The highest BCUT2D eigenvalue weighted by atomic mass is 79.9. The van der Waals surface area contributed by atoms with Gasteiger partial charge in [0.2, 0.25) is 5.91 Å². The zero-order valence-electron chi connectivity index (χ0n) is 14.1. The summed E-state index contributed by atoms with van der Waals surface area (Å²) in [5, 5.41) is 15.6. The molecule has 0 spiro atoms. The van der Waals surface area contributed by atoms with Gasteiger partial charge in [0.15, 0.2) is 0 Å². The Balaban J connectivity index is 1.64. The Hall–Kier alpha value is -2.42. The first-order valence-electron chi connectivity index (χ1n) is 8.13. The number of aryl methyl sites for hydroxylation is 1. The van der Waals surface area contributed by atoms with Crippen LogP contribution in [-0.2, 0) is 17.9 Å². The molecule has 1 atom stereocenters. The SMILES string of the molecule is CCC(C(=O)Nc1cnn(Cc2cnn(CC)c2)c1)n1cc(Br)cn1. The van der Waals surface area contributed by atoms with E-state index >= 15 is 0 Å². The van der Waals surface area contributed by atoms with Crippen molar-refractivity contribution in [3.63, 3.8) is 0 Å². The monoisotopic (exact) mass is 405 g/mol. The third-order valence-corrected chi connectivity index (χ3v) is 4.24. The number of nitrogens with zero attached hydrogens (tertiary/aromatic N) is 6. The van der Waals surface area contributed by atoms with E-state index in [9.17, 15) is 4.79 Å². The summed E-state index contributed by atoms with van der Waals surface area (Å²) in [7, 11) is 0. The minimum Gasteiger partial charge on any atom is -0.322 e. The molecule has 0 aromatic carbocycles. The third-order valence-electron chi connectivity index (χ3n) is 3.83. The molecule has 8 nitrogen and oxygen atoms in total. The lowest BCUT2D eigenvalue weighted by Gasteiger charge is -2.14. The van der Waals surface area contributed by atoms with Crippen molar-refractivity contribution < 1.29 is 4.79 Å². The highest BCUT2D eigenvalue weighted by molar-refractivity contribution is 9.10. The van der Waals surface area contributed by atoms with E-state index in [0.29, 0.717) is 18.7 Å². The molecule has 132 valence electrons. The van der Waals surface area contributed by atoms with Gasteiger partial charge in [-0.15, -0.1) is 0 Å². The molecule has 0 aliphatic heterocycles. The minimum absolute atomic E-state index is 0.114. The van der Waals surface area contributed by atoms with Crippen LogP contribution in [0, 0.1) is 0 Å². The zero-order chi connectivity index (χ0) is 17.8. The number of halogens is 1. The van der Waals surface area contributed by atoms with E-state index in [-0.39, 0.29) is 11.9 Å². The van der Waals surface area contributed by atoms with E-state index in [0.717, 1.165) is 16.6 Å². The predicted octanol–water partition coefficient (Wildman–Crippen LogP) is 2.70. The van der Waals surface area contributed by atoms with Crippen molar-refractivity contribution in [3.8, 4) is 0 Å². The Morgan fingerprint density at radius 2 is 1.92 bits per heavy atom. The van der Waals surface area contributed by atoms with Crippen LogP contribution in [0.3, 0.4) is 0 Å². The van der Waals surface area contributed by atoms with Gasteiger partial charge in [-0.2, -0.15) is 15.3 Å². The predicted molar refractivity (Wildman–Crippen MR) is 97.1 cm³/mol.